The monoisotopic (exact) mass is 425 g/mol. The molecule has 1 unspecified atom stereocenters. The standard InChI is InChI=1S/C25H35N3O3/c1-2-16-31-24-11-8-10-22-21(24)18-23(28(22)19-20-9-4-7-17-30-20)25(29)26-12-15-27-13-5-3-6-14-27/h2,8,10-11,18,20H,1,3-7,9,12-17,19H2,(H,26,29). The molecule has 0 aliphatic carbocycles. The van der Waals surface area contributed by atoms with Gasteiger partial charge >= 0.3 is 0 Å². The molecule has 0 saturated carbocycles. The summed E-state index contributed by atoms with van der Waals surface area (Å²) in [6.45, 7) is 9.51. The van der Waals surface area contributed by atoms with Gasteiger partial charge in [0, 0.05) is 31.6 Å². The Hall–Kier alpha value is -2.31. The second kappa shape index (κ2) is 10.8. The van der Waals surface area contributed by atoms with Crippen molar-refractivity contribution >= 4 is 16.8 Å². The van der Waals surface area contributed by atoms with Crippen molar-refractivity contribution < 1.29 is 14.3 Å². The number of hydrogen-bond acceptors (Lipinski definition) is 4. The minimum atomic E-state index is -0.0290. The van der Waals surface area contributed by atoms with Gasteiger partial charge in [-0.15, -0.1) is 0 Å². The van der Waals surface area contributed by atoms with E-state index in [9.17, 15) is 4.79 Å². The summed E-state index contributed by atoms with van der Waals surface area (Å²) < 4.78 is 14.0. The van der Waals surface area contributed by atoms with Crippen molar-refractivity contribution in [1.29, 1.82) is 0 Å². The summed E-state index contributed by atoms with van der Waals surface area (Å²) in [5.74, 6) is 0.752. The van der Waals surface area contributed by atoms with Gasteiger partial charge in [-0.2, -0.15) is 0 Å². The Labute approximate surface area is 185 Å². The zero-order chi connectivity index (χ0) is 21.5. The van der Waals surface area contributed by atoms with E-state index in [0.717, 1.165) is 55.7 Å². The highest BCUT2D eigenvalue weighted by molar-refractivity contribution is 6.00. The van der Waals surface area contributed by atoms with E-state index in [4.69, 9.17) is 9.47 Å². The molecule has 6 heteroatoms. The van der Waals surface area contributed by atoms with Gasteiger partial charge in [-0.05, 0) is 63.4 Å². The summed E-state index contributed by atoms with van der Waals surface area (Å²) in [6.07, 6.45) is 9.04. The minimum absolute atomic E-state index is 0.0290. The van der Waals surface area contributed by atoms with Gasteiger partial charge in [0.05, 0.1) is 11.6 Å². The molecule has 4 rings (SSSR count). The summed E-state index contributed by atoms with van der Waals surface area (Å²) in [5.41, 5.74) is 1.69. The van der Waals surface area contributed by atoms with Crippen molar-refractivity contribution in [3.63, 3.8) is 0 Å². The van der Waals surface area contributed by atoms with Crippen LogP contribution in [0, 0.1) is 0 Å². The maximum absolute atomic E-state index is 13.2. The maximum atomic E-state index is 13.2. The third kappa shape index (κ3) is 5.49. The Morgan fingerprint density at radius 3 is 2.87 bits per heavy atom. The quantitative estimate of drug-likeness (QED) is 0.617. The average molecular weight is 426 g/mol. The normalized spacial score (nSPS) is 19.9. The van der Waals surface area contributed by atoms with Crippen LogP contribution in [0.4, 0.5) is 0 Å². The highest BCUT2D eigenvalue weighted by atomic mass is 16.5. The van der Waals surface area contributed by atoms with Crippen molar-refractivity contribution in [2.24, 2.45) is 0 Å². The molecule has 1 amide bonds. The van der Waals surface area contributed by atoms with Crippen molar-refractivity contribution in [2.45, 2.75) is 51.2 Å². The number of rotatable bonds is 9. The van der Waals surface area contributed by atoms with Crippen LogP contribution in [0.2, 0.25) is 0 Å². The highest BCUT2D eigenvalue weighted by Crippen LogP contribution is 2.30. The topological polar surface area (TPSA) is 55.7 Å². The molecule has 31 heavy (non-hydrogen) atoms. The molecule has 1 aromatic carbocycles. The average Bonchev–Trinajstić information content (AvgIpc) is 3.18. The number of likely N-dealkylation sites (tertiary alicyclic amines) is 1. The second-order valence-electron chi connectivity index (χ2n) is 8.58. The first-order chi connectivity index (χ1) is 15.3. The van der Waals surface area contributed by atoms with Gasteiger partial charge in [-0.1, -0.05) is 25.1 Å². The fourth-order valence-electron chi connectivity index (χ4n) is 4.67. The van der Waals surface area contributed by atoms with Crippen LogP contribution in [0.25, 0.3) is 10.9 Å². The number of nitrogens with zero attached hydrogens (tertiary/aromatic N) is 2. The highest BCUT2D eigenvalue weighted by Gasteiger charge is 2.22. The van der Waals surface area contributed by atoms with Crippen LogP contribution in [0.5, 0.6) is 5.75 Å². The van der Waals surface area contributed by atoms with E-state index in [1.165, 1.54) is 25.7 Å². The number of carbonyl (C=O) groups is 1. The number of aromatic nitrogens is 1. The summed E-state index contributed by atoms with van der Waals surface area (Å²) >= 11 is 0. The van der Waals surface area contributed by atoms with Gasteiger partial charge in [-0.3, -0.25) is 4.79 Å². The molecular weight excluding hydrogens is 390 g/mol. The molecular formula is C25H35N3O3. The predicted octanol–water partition coefficient (Wildman–Crippen LogP) is 3.99. The molecule has 2 aliphatic rings. The van der Waals surface area contributed by atoms with E-state index in [2.05, 4.69) is 27.4 Å². The zero-order valence-electron chi connectivity index (χ0n) is 18.5. The Bertz CT molecular complexity index is 880. The first-order valence-electron chi connectivity index (χ1n) is 11.7. The minimum Gasteiger partial charge on any atom is -0.489 e. The Morgan fingerprint density at radius 1 is 1.23 bits per heavy atom. The lowest BCUT2D eigenvalue weighted by molar-refractivity contribution is 0.00637. The van der Waals surface area contributed by atoms with E-state index in [1.807, 2.05) is 18.2 Å². The molecule has 2 aliphatic heterocycles. The SMILES string of the molecule is C=CCOc1cccc2c1cc(C(=O)NCCN1CCCCC1)n2CC1CCCCO1. The van der Waals surface area contributed by atoms with Crippen LogP contribution >= 0.6 is 0 Å². The van der Waals surface area contributed by atoms with E-state index < -0.39 is 0 Å². The number of piperidine rings is 1. The van der Waals surface area contributed by atoms with Gasteiger partial charge in [-0.25, -0.2) is 0 Å². The largest absolute Gasteiger partial charge is 0.489 e. The maximum Gasteiger partial charge on any atom is 0.267 e. The lowest BCUT2D eigenvalue weighted by Crippen LogP contribution is -2.38. The number of benzene rings is 1. The van der Waals surface area contributed by atoms with E-state index >= 15 is 0 Å². The van der Waals surface area contributed by atoms with E-state index in [1.54, 1.807) is 6.08 Å². The Kier molecular flexibility index (Phi) is 7.65. The fourth-order valence-corrected chi connectivity index (χ4v) is 4.67. The molecule has 0 radical (unpaired) electrons. The smallest absolute Gasteiger partial charge is 0.267 e. The number of ether oxygens (including phenoxy) is 2. The third-order valence-electron chi connectivity index (χ3n) is 6.32. The molecule has 1 N–H and O–H groups in total. The number of amides is 1. The first kappa shape index (κ1) is 21.9. The summed E-state index contributed by atoms with van der Waals surface area (Å²) in [5, 5.41) is 4.11. The van der Waals surface area contributed by atoms with Gasteiger partial charge in [0.2, 0.25) is 0 Å². The lowest BCUT2D eigenvalue weighted by atomic mass is 10.1. The Balaban J connectivity index is 1.54. The first-order valence-corrected chi connectivity index (χ1v) is 11.7. The molecule has 2 fully saturated rings. The van der Waals surface area contributed by atoms with Gasteiger partial charge in [0.15, 0.2) is 0 Å². The number of carbonyl (C=O) groups excluding carboxylic acids is 1. The molecule has 2 aromatic rings. The van der Waals surface area contributed by atoms with Crippen LogP contribution in [-0.2, 0) is 11.3 Å². The molecule has 1 aromatic heterocycles. The number of nitrogens with one attached hydrogen (secondary N) is 1. The van der Waals surface area contributed by atoms with Crippen LogP contribution in [0.15, 0.2) is 36.9 Å². The number of fused-ring (bicyclic) bond motifs is 1. The summed E-state index contributed by atoms with van der Waals surface area (Å²) in [4.78, 5) is 15.6. The summed E-state index contributed by atoms with van der Waals surface area (Å²) in [7, 11) is 0. The lowest BCUT2D eigenvalue weighted by Gasteiger charge is -2.26. The molecule has 1 atom stereocenters. The van der Waals surface area contributed by atoms with Crippen molar-refractivity contribution in [1.82, 2.24) is 14.8 Å². The fraction of sp³-hybridized carbons (Fsp3) is 0.560. The van der Waals surface area contributed by atoms with Crippen molar-refractivity contribution in [3.8, 4) is 5.75 Å². The molecule has 3 heterocycles. The number of hydrogen-bond donors (Lipinski definition) is 1. The second-order valence-corrected chi connectivity index (χ2v) is 8.58. The van der Waals surface area contributed by atoms with Gasteiger partial charge < -0.3 is 24.3 Å². The van der Waals surface area contributed by atoms with E-state index in [0.29, 0.717) is 25.4 Å². The van der Waals surface area contributed by atoms with Gasteiger partial charge in [0.25, 0.3) is 5.91 Å². The molecule has 0 spiro atoms. The third-order valence-corrected chi connectivity index (χ3v) is 6.32. The van der Waals surface area contributed by atoms with Crippen LogP contribution < -0.4 is 10.1 Å². The molecule has 6 nitrogen and oxygen atoms in total. The van der Waals surface area contributed by atoms with Crippen molar-refractivity contribution in [2.75, 3.05) is 39.4 Å². The van der Waals surface area contributed by atoms with Crippen LogP contribution in [-0.4, -0.2) is 60.9 Å². The Morgan fingerprint density at radius 2 is 2.10 bits per heavy atom. The molecule has 2 saturated heterocycles. The van der Waals surface area contributed by atoms with E-state index in [-0.39, 0.29) is 12.0 Å². The van der Waals surface area contributed by atoms with Crippen molar-refractivity contribution in [3.05, 3.63) is 42.6 Å². The zero-order valence-corrected chi connectivity index (χ0v) is 18.5. The van der Waals surface area contributed by atoms with Gasteiger partial charge in [0.1, 0.15) is 18.1 Å². The summed E-state index contributed by atoms with van der Waals surface area (Å²) in [6, 6.07) is 7.96. The van der Waals surface area contributed by atoms with Crippen LogP contribution in [0.1, 0.15) is 49.0 Å². The molecule has 0 bridgehead atoms. The van der Waals surface area contributed by atoms with Crippen LogP contribution in [0.3, 0.4) is 0 Å². The predicted molar refractivity (Wildman–Crippen MR) is 124 cm³/mol. The molecule has 168 valence electrons.